The van der Waals surface area contributed by atoms with Gasteiger partial charge in [-0.15, -0.1) is 0 Å². The van der Waals surface area contributed by atoms with Crippen LogP contribution in [-0.2, 0) is 8.85 Å². The van der Waals surface area contributed by atoms with Crippen molar-refractivity contribution in [2.75, 3.05) is 27.3 Å². The van der Waals surface area contributed by atoms with Crippen LogP contribution in [0.3, 0.4) is 0 Å². The molecule has 2 aliphatic carbocycles. The van der Waals surface area contributed by atoms with Crippen molar-refractivity contribution in [1.29, 1.82) is 0 Å². The third kappa shape index (κ3) is 3.67. The van der Waals surface area contributed by atoms with E-state index in [1.165, 1.54) is 51.4 Å². The van der Waals surface area contributed by atoms with Gasteiger partial charge in [0.05, 0.1) is 0 Å². The van der Waals surface area contributed by atoms with Crippen molar-refractivity contribution in [3.63, 3.8) is 0 Å². The van der Waals surface area contributed by atoms with Crippen molar-refractivity contribution in [2.45, 2.75) is 91.1 Å². The van der Waals surface area contributed by atoms with Gasteiger partial charge in [-0.3, -0.25) is 9.13 Å². The summed E-state index contributed by atoms with van der Waals surface area (Å²) in [5, 5.41) is 0. The maximum Gasteiger partial charge on any atom is 0.522 e. The topological polar surface area (TPSA) is 24.9 Å². The standard InChI is InChI=1S/C24H46N2O2Si/c1-17-13-15-25(23-19(3)9-7-11-21(17)23)29(27-5,28-6)26-16-14-18(2)22-12-8-10-20(4)24(22)26/h17-24H,7-16H2,1-6H3. The molecule has 0 N–H and O–H groups in total. The monoisotopic (exact) mass is 422 g/mol. The molecule has 0 spiro atoms. The summed E-state index contributed by atoms with van der Waals surface area (Å²) in [7, 11) is 1.28. The molecule has 4 nitrogen and oxygen atoms in total. The Bertz CT molecular complexity index is 513. The van der Waals surface area contributed by atoms with Gasteiger partial charge in [-0.25, -0.2) is 0 Å². The second kappa shape index (κ2) is 8.89. The number of hydrogen-bond donors (Lipinski definition) is 0. The zero-order chi connectivity index (χ0) is 20.8. The molecular weight excluding hydrogens is 376 g/mol. The highest BCUT2D eigenvalue weighted by molar-refractivity contribution is 6.61. The molecule has 168 valence electrons. The van der Waals surface area contributed by atoms with Crippen molar-refractivity contribution >= 4 is 8.88 Å². The first-order chi connectivity index (χ1) is 13.9. The minimum atomic E-state index is -2.63. The third-order valence-electron chi connectivity index (χ3n) is 9.53. The van der Waals surface area contributed by atoms with Gasteiger partial charge in [-0.2, -0.15) is 0 Å². The van der Waals surface area contributed by atoms with Crippen LogP contribution in [0.15, 0.2) is 0 Å². The molecule has 0 amide bonds. The summed E-state index contributed by atoms with van der Waals surface area (Å²) < 4.78 is 18.8. The highest BCUT2D eigenvalue weighted by Gasteiger charge is 2.61. The number of nitrogens with zero attached hydrogens (tertiary/aromatic N) is 2. The fraction of sp³-hybridized carbons (Fsp3) is 1.00. The van der Waals surface area contributed by atoms with E-state index in [1.54, 1.807) is 0 Å². The van der Waals surface area contributed by atoms with Crippen LogP contribution in [0.5, 0.6) is 0 Å². The van der Waals surface area contributed by atoms with E-state index in [2.05, 4.69) is 36.8 Å². The van der Waals surface area contributed by atoms with Crippen LogP contribution in [0.25, 0.3) is 0 Å². The van der Waals surface area contributed by atoms with Crippen LogP contribution >= 0.6 is 0 Å². The fourth-order valence-corrected chi connectivity index (χ4v) is 11.9. The van der Waals surface area contributed by atoms with Crippen LogP contribution in [-0.4, -0.2) is 57.4 Å². The molecule has 2 saturated heterocycles. The van der Waals surface area contributed by atoms with Crippen molar-refractivity contribution in [1.82, 2.24) is 9.13 Å². The summed E-state index contributed by atoms with van der Waals surface area (Å²) in [5.74, 6) is 4.79. The van der Waals surface area contributed by atoms with Crippen molar-refractivity contribution in [3.8, 4) is 0 Å². The average Bonchev–Trinajstić information content (AvgIpc) is 2.73. The Labute approximate surface area is 181 Å². The third-order valence-corrected chi connectivity index (χ3v) is 13.1. The van der Waals surface area contributed by atoms with Gasteiger partial charge < -0.3 is 8.85 Å². The van der Waals surface area contributed by atoms with Gasteiger partial charge in [0.1, 0.15) is 0 Å². The predicted molar refractivity (Wildman–Crippen MR) is 121 cm³/mol. The zero-order valence-electron chi connectivity index (χ0n) is 19.9. The highest BCUT2D eigenvalue weighted by atomic mass is 28.4. The van der Waals surface area contributed by atoms with E-state index in [9.17, 15) is 0 Å². The molecule has 0 aromatic rings. The molecule has 4 aliphatic rings. The molecule has 8 unspecified atom stereocenters. The Morgan fingerprint density at radius 2 is 1.00 bits per heavy atom. The lowest BCUT2D eigenvalue weighted by Crippen LogP contribution is -2.78. The van der Waals surface area contributed by atoms with Gasteiger partial charge in [0.25, 0.3) is 0 Å². The molecule has 2 saturated carbocycles. The fourth-order valence-electron chi connectivity index (χ4n) is 7.99. The van der Waals surface area contributed by atoms with Crippen LogP contribution in [0.4, 0.5) is 0 Å². The van der Waals surface area contributed by atoms with Gasteiger partial charge in [0.15, 0.2) is 0 Å². The lowest BCUT2D eigenvalue weighted by molar-refractivity contribution is -0.0524. The summed E-state index contributed by atoms with van der Waals surface area (Å²) in [5.41, 5.74) is 0. The van der Waals surface area contributed by atoms with Crippen LogP contribution in [0, 0.1) is 35.5 Å². The lowest BCUT2D eigenvalue weighted by atomic mass is 9.69. The Hall–Kier alpha value is 0.0569. The maximum absolute atomic E-state index is 6.60. The Kier molecular flexibility index (Phi) is 6.83. The van der Waals surface area contributed by atoms with Crippen LogP contribution < -0.4 is 0 Å². The summed E-state index contributed by atoms with van der Waals surface area (Å²) >= 11 is 0. The van der Waals surface area contributed by atoms with Gasteiger partial charge in [0, 0.05) is 26.3 Å². The highest BCUT2D eigenvalue weighted by Crippen LogP contribution is 2.48. The van der Waals surface area contributed by atoms with Gasteiger partial charge in [-0.1, -0.05) is 40.5 Å². The number of hydrogen-bond acceptors (Lipinski definition) is 4. The van der Waals surface area contributed by atoms with E-state index in [0.717, 1.165) is 48.6 Å². The normalized spacial score (nSPS) is 44.9. The predicted octanol–water partition coefficient (Wildman–Crippen LogP) is 5.01. The van der Waals surface area contributed by atoms with Gasteiger partial charge in [-0.05, 0) is 87.1 Å². The van der Waals surface area contributed by atoms with Crippen LogP contribution in [0.1, 0.15) is 79.1 Å². The van der Waals surface area contributed by atoms with E-state index >= 15 is 0 Å². The maximum atomic E-state index is 6.60. The number of piperidine rings is 2. The Morgan fingerprint density at radius 1 is 0.586 bits per heavy atom. The summed E-state index contributed by atoms with van der Waals surface area (Å²) in [6, 6.07) is 1.27. The smallest absolute Gasteiger partial charge is 0.374 e. The summed E-state index contributed by atoms with van der Waals surface area (Å²) in [6.07, 6.45) is 10.9. The van der Waals surface area contributed by atoms with Gasteiger partial charge >= 0.3 is 8.88 Å². The molecule has 0 aromatic heterocycles. The first-order valence-corrected chi connectivity index (χ1v) is 14.3. The SMILES string of the molecule is CO[Si](OC)(N1CCC(C)C2CCCC(C)C21)N1CCC(C)C2CCCC(C)C21. The first kappa shape index (κ1) is 22.3. The largest absolute Gasteiger partial charge is 0.522 e. The number of rotatable bonds is 4. The molecule has 8 atom stereocenters. The summed E-state index contributed by atoms with van der Waals surface area (Å²) in [6.45, 7) is 12.3. The van der Waals surface area contributed by atoms with Crippen molar-refractivity contribution < 1.29 is 8.85 Å². The van der Waals surface area contributed by atoms with E-state index < -0.39 is 8.88 Å². The quantitative estimate of drug-likeness (QED) is 0.595. The van der Waals surface area contributed by atoms with E-state index in [0.29, 0.717) is 12.1 Å². The van der Waals surface area contributed by atoms with E-state index in [4.69, 9.17) is 8.85 Å². The lowest BCUT2D eigenvalue weighted by Gasteiger charge is -2.60. The molecule has 29 heavy (non-hydrogen) atoms. The molecule has 0 radical (unpaired) electrons. The Morgan fingerprint density at radius 3 is 1.38 bits per heavy atom. The number of fused-ring (bicyclic) bond motifs is 2. The van der Waals surface area contributed by atoms with E-state index in [1.807, 2.05) is 14.2 Å². The second-order valence-electron chi connectivity index (χ2n) is 11.0. The van der Waals surface area contributed by atoms with Crippen LogP contribution in [0.2, 0.25) is 0 Å². The molecule has 2 heterocycles. The van der Waals surface area contributed by atoms with Crippen molar-refractivity contribution in [3.05, 3.63) is 0 Å². The minimum Gasteiger partial charge on any atom is -0.374 e. The second-order valence-corrected chi connectivity index (χ2v) is 14.1. The zero-order valence-corrected chi connectivity index (χ0v) is 20.9. The molecule has 4 fully saturated rings. The van der Waals surface area contributed by atoms with Crippen molar-refractivity contribution in [2.24, 2.45) is 35.5 Å². The minimum absolute atomic E-state index is 0.635. The molecule has 5 heteroatoms. The van der Waals surface area contributed by atoms with Gasteiger partial charge in [0.2, 0.25) is 0 Å². The van der Waals surface area contributed by atoms with E-state index in [-0.39, 0.29) is 0 Å². The average molecular weight is 423 g/mol. The summed E-state index contributed by atoms with van der Waals surface area (Å²) in [4.78, 5) is 0. The molecule has 0 aromatic carbocycles. The Balaban J connectivity index is 1.71. The molecule has 0 bridgehead atoms. The molecular formula is C24H46N2O2Si. The molecule has 4 rings (SSSR count). The first-order valence-electron chi connectivity index (χ1n) is 12.6. The molecule has 2 aliphatic heterocycles.